The van der Waals surface area contributed by atoms with Crippen LogP contribution in [0.4, 0.5) is 0 Å². The second-order valence-electron chi connectivity index (χ2n) is 3.02. The number of benzene rings is 1. The van der Waals surface area contributed by atoms with Gasteiger partial charge in [0.1, 0.15) is 11.0 Å². The zero-order chi connectivity index (χ0) is 11.7. The van der Waals surface area contributed by atoms with Crippen LogP contribution in [0.25, 0.3) is 11.0 Å². The minimum Gasteiger partial charge on any atom is -0.478 e. The number of carboxylic acids is 2. The largest absolute Gasteiger partial charge is 0.478 e. The van der Waals surface area contributed by atoms with Gasteiger partial charge in [-0.1, -0.05) is 0 Å². The van der Waals surface area contributed by atoms with Gasteiger partial charge in [0.05, 0.1) is 11.1 Å². The topological polar surface area (TPSA) is 100 Å². The van der Waals surface area contributed by atoms with E-state index in [0.717, 1.165) is 0 Å². The molecule has 6 heteroatoms. The van der Waals surface area contributed by atoms with E-state index >= 15 is 0 Å². The molecule has 0 atom stereocenters. The number of nitrogens with zero attached hydrogens (tertiary/aromatic N) is 2. The monoisotopic (exact) mass is 218 g/mol. The number of hydrogen-bond acceptors (Lipinski definition) is 4. The molecule has 0 aliphatic rings. The van der Waals surface area contributed by atoms with Crippen molar-refractivity contribution in [2.24, 2.45) is 0 Å². The van der Waals surface area contributed by atoms with Gasteiger partial charge in [-0.2, -0.15) is 0 Å². The van der Waals surface area contributed by atoms with Crippen LogP contribution >= 0.6 is 0 Å². The van der Waals surface area contributed by atoms with Crippen molar-refractivity contribution in [1.29, 1.82) is 0 Å². The second-order valence-corrected chi connectivity index (χ2v) is 3.02. The predicted octanol–water partition coefficient (Wildman–Crippen LogP) is 1.03. The van der Waals surface area contributed by atoms with Gasteiger partial charge in [-0.05, 0) is 12.1 Å². The molecule has 0 radical (unpaired) electrons. The molecule has 80 valence electrons. The van der Waals surface area contributed by atoms with Crippen LogP contribution in [0.1, 0.15) is 20.7 Å². The molecule has 1 heterocycles. The molecule has 0 fully saturated rings. The van der Waals surface area contributed by atoms with Crippen LogP contribution in [0.3, 0.4) is 0 Å². The smallest absolute Gasteiger partial charge is 0.337 e. The maximum atomic E-state index is 10.9. The van der Waals surface area contributed by atoms with Crippen LogP contribution in [0.2, 0.25) is 0 Å². The van der Waals surface area contributed by atoms with E-state index in [1.165, 1.54) is 24.5 Å². The first kappa shape index (κ1) is 10.0. The lowest BCUT2D eigenvalue weighted by Crippen LogP contribution is -2.05. The number of hydrogen-bond donors (Lipinski definition) is 2. The van der Waals surface area contributed by atoms with Crippen LogP contribution in [-0.4, -0.2) is 32.1 Å². The molecule has 1 aromatic heterocycles. The summed E-state index contributed by atoms with van der Waals surface area (Å²) in [4.78, 5) is 29.4. The third kappa shape index (κ3) is 1.46. The molecule has 2 N–H and O–H groups in total. The Balaban J connectivity index is 2.87. The molecule has 2 rings (SSSR count). The zero-order valence-electron chi connectivity index (χ0n) is 7.91. The summed E-state index contributed by atoms with van der Waals surface area (Å²) >= 11 is 0. The average molecular weight is 218 g/mol. The van der Waals surface area contributed by atoms with E-state index in [-0.39, 0.29) is 22.2 Å². The molecule has 0 amide bonds. The van der Waals surface area contributed by atoms with E-state index in [9.17, 15) is 9.59 Å². The normalized spacial score (nSPS) is 10.2. The lowest BCUT2D eigenvalue weighted by atomic mass is 10.1. The number of aromatic carboxylic acids is 2. The lowest BCUT2D eigenvalue weighted by Gasteiger charge is -2.03. The number of rotatable bonds is 2. The van der Waals surface area contributed by atoms with Crippen LogP contribution in [0.15, 0.2) is 24.5 Å². The first-order valence-electron chi connectivity index (χ1n) is 4.31. The number of carbonyl (C=O) groups is 2. The van der Waals surface area contributed by atoms with Gasteiger partial charge >= 0.3 is 11.9 Å². The van der Waals surface area contributed by atoms with Crippen molar-refractivity contribution in [1.82, 2.24) is 9.97 Å². The molecule has 0 saturated carbocycles. The van der Waals surface area contributed by atoms with Gasteiger partial charge < -0.3 is 10.2 Å². The van der Waals surface area contributed by atoms with E-state index in [1.54, 1.807) is 0 Å². The molecule has 0 aliphatic carbocycles. The van der Waals surface area contributed by atoms with Crippen molar-refractivity contribution in [2.75, 3.05) is 0 Å². The molecule has 0 saturated heterocycles. The fourth-order valence-corrected chi connectivity index (χ4v) is 1.40. The van der Waals surface area contributed by atoms with Gasteiger partial charge in [0.15, 0.2) is 0 Å². The highest BCUT2D eigenvalue weighted by molar-refractivity contribution is 6.07. The summed E-state index contributed by atoms with van der Waals surface area (Å²) in [7, 11) is 0. The molecule has 1 aromatic carbocycles. The third-order valence-electron chi connectivity index (χ3n) is 2.09. The van der Waals surface area contributed by atoms with Crippen molar-refractivity contribution >= 4 is 23.0 Å². The predicted molar refractivity (Wildman–Crippen MR) is 53.5 cm³/mol. The van der Waals surface area contributed by atoms with E-state index in [1.807, 2.05) is 0 Å². The Labute approximate surface area is 89.2 Å². The molecule has 0 unspecified atom stereocenters. The highest BCUT2D eigenvalue weighted by Crippen LogP contribution is 2.18. The Morgan fingerprint density at radius 1 is 0.875 bits per heavy atom. The van der Waals surface area contributed by atoms with Crippen LogP contribution in [0, 0.1) is 0 Å². The molecule has 0 aliphatic heterocycles. The van der Waals surface area contributed by atoms with Crippen molar-refractivity contribution in [3.05, 3.63) is 35.7 Å². The summed E-state index contributed by atoms with van der Waals surface area (Å²) in [6.45, 7) is 0. The summed E-state index contributed by atoms with van der Waals surface area (Å²) in [6.07, 6.45) is 2.64. The van der Waals surface area contributed by atoms with Crippen LogP contribution < -0.4 is 0 Å². The first-order valence-corrected chi connectivity index (χ1v) is 4.31. The molecule has 0 spiro atoms. The Hall–Kier alpha value is -2.50. The standard InChI is InChI=1S/C10H6N2O4/c13-9(14)5-1-2-6(10(15)16)8-7(5)11-3-4-12-8/h1-4H,(H,13,14)(H,15,16). The molecule has 16 heavy (non-hydrogen) atoms. The van der Waals surface area contributed by atoms with Gasteiger partial charge in [0.25, 0.3) is 0 Å². The summed E-state index contributed by atoms with van der Waals surface area (Å²) in [5.74, 6) is -2.33. The molecule has 0 bridgehead atoms. The Morgan fingerprint density at radius 2 is 1.25 bits per heavy atom. The highest BCUT2D eigenvalue weighted by atomic mass is 16.4. The lowest BCUT2D eigenvalue weighted by molar-refractivity contribution is 0.0684. The Kier molecular flexibility index (Phi) is 2.24. The minimum absolute atomic E-state index is 0.0619. The molecular weight excluding hydrogens is 212 g/mol. The van der Waals surface area contributed by atoms with Crippen molar-refractivity contribution in [3.63, 3.8) is 0 Å². The quantitative estimate of drug-likeness (QED) is 0.780. The molecule has 6 nitrogen and oxygen atoms in total. The zero-order valence-corrected chi connectivity index (χ0v) is 7.91. The van der Waals surface area contributed by atoms with E-state index in [2.05, 4.69) is 9.97 Å². The summed E-state index contributed by atoms with van der Waals surface area (Å²) in [5.41, 5.74) is 0.0333. The van der Waals surface area contributed by atoms with Gasteiger partial charge in [0.2, 0.25) is 0 Å². The van der Waals surface area contributed by atoms with Crippen LogP contribution in [0.5, 0.6) is 0 Å². The highest BCUT2D eigenvalue weighted by Gasteiger charge is 2.16. The minimum atomic E-state index is -1.16. The van der Waals surface area contributed by atoms with Crippen molar-refractivity contribution in [3.8, 4) is 0 Å². The summed E-state index contributed by atoms with van der Waals surface area (Å²) in [6, 6.07) is 2.42. The van der Waals surface area contributed by atoms with Crippen LogP contribution in [-0.2, 0) is 0 Å². The maximum absolute atomic E-state index is 10.9. The Bertz CT molecular complexity index is 542. The fourth-order valence-electron chi connectivity index (χ4n) is 1.40. The SMILES string of the molecule is O=C(O)c1ccc(C(=O)O)c2nccnc12. The van der Waals surface area contributed by atoms with Gasteiger partial charge in [0, 0.05) is 12.4 Å². The average Bonchev–Trinajstić information content (AvgIpc) is 2.27. The number of fused-ring (bicyclic) bond motifs is 1. The van der Waals surface area contributed by atoms with Gasteiger partial charge in [-0.3, -0.25) is 9.97 Å². The van der Waals surface area contributed by atoms with Gasteiger partial charge in [-0.15, -0.1) is 0 Å². The van der Waals surface area contributed by atoms with E-state index in [0.29, 0.717) is 0 Å². The Morgan fingerprint density at radius 3 is 1.56 bits per heavy atom. The number of aromatic nitrogens is 2. The first-order chi connectivity index (χ1) is 7.61. The number of carboxylic acid groups (broad SMARTS) is 2. The molecular formula is C10H6N2O4. The second kappa shape index (κ2) is 3.58. The summed E-state index contributed by atoms with van der Waals surface area (Å²) < 4.78 is 0. The van der Waals surface area contributed by atoms with Gasteiger partial charge in [-0.25, -0.2) is 9.59 Å². The van der Waals surface area contributed by atoms with Crippen molar-refractivity contribution < 1.29 is 19.8 Å². The van der Waals surface area contributed by atoms with Crippen molar-refractivity contribution in [2.45, 2.75) is 0 Å². The van der Waals surface area contributed by atoms with E-state index < -0.39 is 11.9 Å². The van der Waals surface area contributed by atoms with E-state index in [4.69, 9.17) is 10.2 Å². The maximum Gasteiger partial charge on any atom is 0.337 e. The third-order valence-corrected chi connectivity index (χ3v) is 2.09. The fraction of sp³-hybridized carbons (Fsp3) is 0. The summed E-state index contributed by atoms with van der Waals surface area (Å²) in [5, 5.41) is 17.8. The molecule has 2 aromatic rings.